The fraction of sp³-hybridized carbons (Fsp3) is 0.167. The Kier molecular flexibility index (Phi) is 2.67. The highest BCUT2D eigenvalue weighted by Crippen LogP contribution is 2.25. The molecular formula is C6H6N4O4. The molecule has 0 aliphatic heterocycles. The monoisotopic (exact) mass is 198 g/mol. The molecule has 0 aromatic carbocycles. The molecule has 0 radical (unpaired) electrons. The lowest BCUT2D eigenvalue weighted by Gasteiger charge is -1.99. The van der Waals surface area contributed by atoms with E-state index in [1.165, 1.54) is 0 Å². The molecule has 0 atom stereocenters. The van der Waals surface area contributed by atoms with Crippen molar-refractivity contribution >= 4 is 11.4 Å². The maximum absolute atomic E-state index is 10.4. The van der Waals surface area contributed by atoms with Crippen molar-refractivity contribution in [3.8, 4) is 0 Å². The van der Waals surface area contributed by atoms with Crippen molar-refractivity contribution in [2.45, 2.75) is 6.54 Å². The highest BCUT2D eigenvalue weighted by molar-refractivity contribution is 5.50. The summed E-state index contributed by atoms with van der Waals surface area (Å²) in [7, 11) is 0. The summed E-state index contributed by atoms with van der Waals surface area (Å²) in [4.78, 5) is 22.8. The second kappa shape index (κ2) is 3.75. The van der Waals surface area contributed by atoms with Crippen LogP contribution in [-0.4, -0.2) is 14.8 Å². The summed E-state index contributed by atoms with van der Waals surface area (Å²) < 4.78 is 0. The SMILES string of the molecule is NCc1c([N+](=O)[O-])cncc1[N+](=O)[O-]. The van der Waals surface area contributed by atoms with E-state index in [-0.39, 0.29) is 12.1 Å². The van der Waals surface area contributed by atoms with Gasteiger partial charge in [0.25, 0.3) is 11.4 Å². The van der Waals surface area contributed by atoms with Gasteiger partial charge in [-0.1, -0.05) is 0 Å². The van der Waals surface area contributed by atoms with E-state index in [2.05, 4.69) is 4.98 Å². The van der Waals surface area contributed by atoms with Gasteiger partial charge in [-0.15, -0.1) is 0 Å². The molecule has 0 unspecified atom stereocenters. The zero-order chi connectivity index (χ0) is 10.7. The van der Waals surface area contributed by atoms with E-state index >= 15 is 0 Å². The van der Waals surface area contributed by atoms with Gasteiger partial charge in [0.15, 0.2) is 0 Å². The minimum absolute atomic E-state index is 0.116. The average molecular weight is 198 g/mol. The molecule has 0 bridgehead atoms. The molecule has 2 N–H and O–H groups in total. The Morgan fingerprint density at radius 1 is 1.21 bits per heavy atom. The third kappa shape index (κ3) is 1.64. The van der Waals surface area contributed by atoms with Gasteiger partial charge in [0.05, 0.1) is 9.85 Å². The van der Waals surface area contributed by atoms with Gasteiger partial charge in [-0.2, -0.15) is 0 Å². The van der Waals surface area contributed by atoms with Crippen LogP contribution in [0.25, 0.3) is 0 Å². The molecule has 14 heavy (non-hydrogen) atoms. The molecule has 8 nitrogen and oxygen atoms in total. The van der Waals surface area contributed by atoms with Crippen LogP contribution >= 0.6 is 0 Å². The predicted octanol–water partition coefficient (Wildman–Crippen LogP) is 0.357. The molecule has 0 saturated carbocycles. The van der Waals surface area contributed by atoms with Crippen LogP contribution in [-0.2, 0) is 6.54 Å². The maximum atomic E-state index is 10.4. The Labute approximate surface area is 77.7 Å². The molecule has 8 heteroatoms. The Morgan fingerprint density at radius 2 is 1.64 bits per heavy atom. The summed E-state index contributed by atoms with van der Waals surface area (Å²) in [6.07, 6.45) is 1.88. The van der Waals surface area contributed by atoms with E-state index in [4.69, 9.17) is 5.73 Å². The van der Waals surface area contributed by atoms with E-state index in [9.17, 15) is 20.2 Å². The number of pyridine rings is 1. The zero-order valence-electron chi connectivity index (χ0n) is 6.91. The molecule has 0 amide bonds. The van der Waals surface area contributed by atoms with E-state index in [1.807, 2.05) is 0 Å². The molecule has 1 aromatic rings. The van der Waals surface area contributed by atoms with Crippen LogP contribution in [0.2, 0.25) is 0 Å². The number of nitrogens with two attached hydrogens (primary N) is 1. The summed E-state index contributed by atoms with van der Waals surface area (Å²) in [6.45, 7) is -0.269. The number of hydrogen-bond donors (Lipinski definition) is 1. The van der Waals surface area contributed by atoms with Crippen LogP contribution in [0, 0.1) is 20.2 Å². The van der Waals surface area contributed by atoms with Crippen LogP contribution in [0.15, 0.2) is 12.4 Å². The summed E-state index contributed by atoms with van der Waals surface area (Å²) >= 11 is 0. The van der Waals surface area contributed by atoms with E-state index in [1.54, 1.807) is 0 Å². The third-order valence-corrected chi connectivity index (χ3v) is 1.61. The summed E-state index contributed by atoms with van der Waals surface area (Å²) in [6, 6.07) is 0. The molecule has 0 aliphatic rings. The van der Waals surface area contributed by atoms with Crippen molar-refractivity contribution in [1.82, 2.24) is 4.98 Å². The van der Waals surface area contributed by atoms with Crippen molar-refractivity contribution in [1.29, 1.82) is 0 Å². The van der Waals surface area contributed by atoms with Crippen molar-refractivity contribution in [3.63, 3.8) is 0 Å². The number of hydrogen-bond acceptors (Lipinski definition) is 6. The Bertz CT molecular complexity index is 359. The van der Waals surface area contributed by atoms with Crippen LogP contribution in [0.4, 0.5) is 11.4 Å². The molecule has 1 aromatic heterocycles. The number of nitro groups is 2. The topological polar surface area (TPSA) is 125 Å². The van der Waals surface area contributed by atoms with Gasteiger partial charge < -0.3 is 5.73 Å². The minimum Gasteiger partial charge on any atom is -0.326 e. The first-order valence-electron chi connectivity index (χ1n) is 3.53. The lowest BCUT2D eigenvalue weighted by molar-refractivity contribution is -0.396. The molecular weight excluding hydrogens is 192 g/mol. The van der Waals surface area contributed by atoms with Crippen molar-refractivity contribution < 1.29 is 9.85 Å². The maximum Gasteiger partial charge on any atom is 0.298 e. The zero-order valence-corrected chi connectivity index (χ0v) is 6.91. The summed E-state index contributed by atoms with van der Waals surface area (Å²) in [5.41, 5.74) is 4.22. The smallest absolute Gasteiger partial charge is 0.298 e. The Hall–Kier alpha value is -2.09. The van der Waals surface area contributed by atoms with E-state index in [0.717, 1.165) is 12.4 Å². The second-order valence-electron chi connectivity index (χ2n) is 2.37. The summed E-state index contributed by atoms with van der Waals surface area (Å²) in [5.74, 6) is 0. The van der Waals surface area contributed by atoms with Crippen LogP contribution in [0.1, 0.15) is 5.56 Å². The molecule has 74 valence electrons. The molecule has 0 spiro atoms. The molecule has 0 fully saturated rings. The molecule has 0 saturated heterocycles. The third-order valence-electron chi connectivity index (χ3n) is 1.61. The lowest BCUT2D eigenvalue weighted by atomic mass is 10.2. The van der Waals surface area contributed by atoms with E-state index < -0.39 is 21.2 Å². The van der Waals surface area contributed by atoms with Crippen LogP contribution in [0.5, 0.6) is 0 Å². The standard InChI is InChI=1S/C6H6N4O4/c7-1-4-5(9(11)12)2-8-3-6(4)10(13)14/h2-3H,1,7H2. The first kappa shape index (κ1) is 9.99. The minimum atomic E-state index is -0.748. The second-order valence-corrected chi connectivity index (χ2v) is 2.37. The van der Waals surface area contributed by atoms with Gasteiger partial charge in [-0.3, -0.25) is 25.2 Å². The van der Waals surface area contributed by atoms with Gasteiger partial charge in [0.1, 0.15) is 18.0 Å². The fourth-order valence-electron chi connectivity index (χ4n) is 0.989. The van der Waals surface area contributed by atoms with Gasteiger partial charge in [-0.25, -0.2) is 0 Å². The van der Waals surface area contributed by atoms with Crippen molar-refractivity contribution in [2.75, 3.05) is 0 Å². The molecule has 1 heterocycles. The number of nitrogens with zero attached hydrogens (tertiary/aromatic N) is 3. The predicted molar refractivity (Wildman–Crippen MR) is 45.4 cm³/mol. The largest absolute Gasteiger partial charge is 0.326 e. The normalized spacial score (nSPS) is 9.79. The molecule has 1 rings (SSSR count). The first-order chi connectivity index (χ1) is 6.57. The lowest BCUT2D eigenvalue weighted by Crippen LogP contribution is -2.06. The number of aromatic nitrogens is 1. The van der Waals surface area contributed by atoms with Gasteiger partial charge in [-0.05, 0) is 0 Å². The Morgan fingerprint density at radius 3 is 1.93 bits per heavy atom. The van der Waals surface area contributed by atoms with Crippen molar-refractivity contribution in [2.24, 2.45) is 5.73 Å². The quantitative estimate of drug-likeness (QED) is 0.551. The first-order valence-corrected chi connectivity index (χ1v) is 3.53. The van der Waals surface area contributed by atoms with Crippen molar-refractivity contribution in [3.05, 3.63) is 38.2 Å². The van der Waals surface area contributed by atoms with Gasteiger partial charge in [0.2, 0.25) is 0 Å². The van der Waals surface area contributed by atoms with Gasteiger partial charge in [0, 0.05) is 6.54 Å². The number of rotatable bonds is 3. The summed E-state index contributed by atoms with van der Waals surface area (Å²) in [5, 5.41) is 20.9. The van der Waals surface area contributed by atoms with E-state index in [0.29, 0.717) is 0 Å². The van der Waals surface area contributed by atoms with Crippen LogP contribution < -0.4 is 5.73 Å². The molecule has 0 aliphatic carbocycles. The van der Waals surface area contributed by atoms with Gasteiger partial charge >= 0.3 is 0 Å². The van der Waals surface area contributed by atoms with Crippen LogP contribution in [0.3, 0.4) is 0 Å². The highest BCUT2D eigenvalue weighted by Gasteiger charge is 2.23. The fourth-order valence-corrected chi connectivity index (χ4v) is 0.989. The average Bonchev–Trinajstić information content (AvgIpc) is 2.16. The highest BCUT2D eigenvalue weighted by atomic mass is 16.6. The Balaban J connectivity index is 3.39.